The number of carbonyl (C=O) groups is 1. The van der Waals surface area contributed by atoms with E-state index in [9.17, 15) is 4.79 Å². The number of aromatic nitrogens is 2. The van der Waals surface area contributed by atoms with Crippen LogP contribution in [0.25, 0.3) is 0 Å². The molecule has 0 saturated carbocycles. The van der Waals surface area contributed by atoms with E-state index < -0.39 is 0 Å². The predicted octanol–water partition coefficient (Wildman–Crippen LogP) is 2.85. The van der Waals surface area contributed by atoms with Gasteiger partial charge in [0.05, 0.1) is 12.4 Å². The summed E-state index contributed by atoms with van der Waals surface area (Å²) in [5.41, 5.74) is 0.363. The Morgan fingerprint density at radius 2 is 2.05 bits per heavy atom. The van der Waals surface area contributed by atoms with Crippen molar-refractivity contribution >= 4 is 11.7 Å². The quantitative estimate of drug-likeness (QED) is 0.767. The first-order chi connectivity index (χ1) is 9.56. The number of hydrogen-bond acceptors (Lipinski definition) is 4. The normalized spacial score (nSPS) is 13.6. The van der Waals surface area contributed by atoms with Crippen LogP contribution >= 0.6 is 0 Å². The Balaban J connectivity index is 2.58. The fraction of sp³-hybridized carbons (Fsp3) is 0.667. The second-order valence-electron chi connectivity index (χ2n) is 5.34. The topological polar surface area (TPSA) is 66.9 Å². The molecule has 0 aliphatic rings. The van der Waals surface area contributed by atoms with E-state index >= 15 is 0 Å². The van der Waals surface area contributed by atoms with E-state index in [1.165, 1.54) is 6.20 Å². The Bertz CT molecular complexity index is 422. The van der Waals surface area contributed by atoms with Gasteiger partial charge < -0.3 is 10.6 Å². The Kier molecular flexibility index (Phi) is 6.98. The van der Waals surface area contributed by atoms with Gasteiger partial charge in [-0.2, -0.15) is 0 Å². The molecule has 20 heavy (non-hydrogen) atoms. The number of nitrogens with zero attached hydrogens (tertiary/aromatic N) is 2. The molecule has 5 heteroatoms. The third-order valence-corrected chi connectivity index (χ3v) is 3.25. The standard InChI is InChI=1S/C15H26N4O/c1-5-7-17-14-10-16-9-13(19-14)15(20)18-12(4)8-11(3)6-2/h9-12H,5-8H2,1-4H3,(H,17,19)(H,18,20). The van der Waals surface area contributed by atoms with Crippen LogP contribution in [0.15, 0.2) is 12.4 Å². The zero-order chi connectivity index (χ0) is 15.0. The average molecular weight is 278 g/mol. The van der Waals surface area contributed by atoms with Crippen molar-refractivity contribution in [2.24, 2.45) is 5.92 Å². The molecule has 112 valence electrons. The van der Waals surface area contributed by atoms with E-state index in [-0.39, 0.29) is 11.9 Å². The average Bonchev–Trinajstić information content (AvgIpc) is 2.45. The van der Waals surface area contributed by atoms with Gasteiger partial charge in [-0.25, -0.2) is 4.98 Å². The van der Waals surface area contributed by atoms with Gasteiger partial charge in [0.2, 0.25) is 0 Å². The highest BCUT2D eigenvalue weighted by atomic mass is 16.1. The van der Waals surface area contributed by atoms with Gasteiger partial charge >= 0.3 is 0 Å². The van der Waals surface area contributed by atoms with Crippen LogP contribution < -0.4 is 10.6 Å². The first-order valence-electron chi connectivity index (χ1n) is 7.43. The van der Waals surface area contributed by atoms with Crippen molar-refractivity contribution in [3.05, 3.63) is 18.1 Å². The smallest absolute Gasteiger partial charge is 0.271 e. The summed E-state index contributed by atoms with van der Waals surface area (Å²) in [4.78, 5) is 20.4. The zero-order valence-electron chi connectivity index (χ0n) is 12.9. The van der Waals surface area contributed by atoms with E-state index in [4.69, 9.17) is 0 Å². The van der Waals surface area contributed by atoms with Crippen molar-refractivity contribution in [2.75, 3.05) is 11.9 Å². The number of amides is 1. The molecular weight excluding hydrogens is 252 g/mol. The third-order valence-electron chi connectivity index (χ3n) is 3.25. The minimum absolute atomic E-state index is 0.145. The van der Waals surface area contributed by atoms with Gasteiger partial charge in [0.15, 0.2) is 0 Å². The van der Waals surface area contributed by atoms with E-state index in [1.54, 1.807) is 6.20 Å². The Hall–Kier alpha value is -1.65. The van der Waals surface area contributed by atoms with Crippen molar-refractivity contribution < 1.29 is 4.79 Å². The molecule has 1 aromatic rings. The summed E-state index contributed by atoms with van der Waals surface area (Å²) < 4.78 is 0. The van der Waals surface area contributed by atoms with Crippen LogP contribution in [0.4, 0.5) is 5.82 Å². The fourth-order valence-electron chi connectivity index (χ4n) is 1.94. The van der Waals surface area contributed by atoms with Crippen LogP contribution in [-0.4, -0.2) is 28.5 Å². The van der Waals surface area contributed by atoms with Crippen LogP contribution in [0, 0.1) is 5.92 Å². The molecule has 2 unspecified atom stereocenters. The maximum absolute atomic E-state index is 12.1. The van der Waals surface area contributed by atoms with Crippen LogP contribution in [-0.2, 0) is 0 Å². The molecule has 5 nitrogen and oxygen atoms in total. The molecule has 2 atom stereocenters. The molecule has 0 aromatic carbocycles. The summed E-state index contributed by atoms with van der Waals surface area (Å²) in [5.74, 6) is 1.09. The maximum Gasteiger partial charge on any atom is 0.271 e. The first kappa shape index (κ1) is 16.4. The minimum Gasteiger partial charge on any atom is -0.369 e. The highest BCUT2D eigenvalue weighted by molar-refractivity contribution is 5.92. The van der Waals surface area contributed by atoms with Crippen molar-refractivity contribution in [1.29, 1.82) is 0 Å². The summed E-state index contributed by atoms with van der Waals surface area (Å²) >= 11 is 0. The molecule has 0 aliphatic heterocycles. The zero-order valence-corrected chi connectivity index (χ0v) is 12.9. The third kappa shape index (κ3) is 5.55. The first-order valence-corrected chi connectivity index (χ1v) is 7.43. The molecular formula is C15H26N4O. The molecule has 2 N–H and O–H groups in total. The fourth-order valence-corrected chi connectivity index (χ4v) is 1.94. The second-order valence-corrected chi connectivity index (χ2v) is 5.34. The van der Waals surface area contributed by atoms with Crippen molar-refractivity contribution in [3.8, 4) is 0 Å². The van der Waals surface area contributed by atoms with Crippen LogP contribution in [0.5, 0.6) is 0 Å². The molecule has 1 heterocycles. The lowest BCUT2D eigenvalue weighted by molar-refractivity contribution is 0.0930. The van der Waals surface area contributed by atoms with Crippen molar-refractivity contribution in [2.45, 2.75) is 53.0 Å². The minimum atomic E-state index is -0.159. The van der Waals surface area contributed by atoms with Crippen molar-refractivity contribution in [3.63, 3.8) is 0 Å². The summed E-state index contributed by atoms with van der Waals surface area (Å²) in [6.45, 7) is 9.28. The number of carbonyl (C=O) groups excluding carboxylic acids is 1. The largest absolute Gasteiger partial charge is 0.369 e. The molecule has 0 spiro atoms. The second kappa shape index (κ2) is 8.51. The van der Waals surface area contributed by atoms with Gasteiger partial charge in [-0.3, -0.25) is 9.78 Å². The van der Waals surface area contributed by atoms with Crippen LogP contribution in [0.1, 0.15) is 57.4 Å². The Morgan fingerprint density at radius 1 is 1.30 bits per heavy atom. The lowest BCUT2D eigenvalue weighted by Gasteiger charge is -2.17. The number of rotatable bonds is 8. The maximum atomic E-state index is 12.1. The molecule has 1 rings (SSSR count). The van der Waals surface area contributed by atoms with Gasteiger partial charge in [-0.1, -0.05) is 27.2 Å². The van der Waals surface area contributed by atoms with E-state index in [0.717, 1.165) is 25.8 Å². The highest BCUT2D eigenvalue weighted by Gasteiger charge is 2.13. The van der Waals surface area contributed by atoms with Crippen LogP contribution in [0.2, 0.25) is 0 Å². The molecule has 1 aromatic heterocycles. The Morgan fingerprint density at radius 3 is 2.70 bits per heavy atom. The molecule has 1 amide bonds. The molecule has 0 aliphatic carbocycles. The molecule has 0 bridgehead atoms. The Labute approximate surface area is 121 Å². The van der Waals surface area contributed by atoms with Crippen LogP contribution in [0.3, 0.4) is 0 Å². The van der Waals surface area contributed by atoms with Crippen molar-refractivity contribution in [1.82, 2.24) is 15.3 Å². The van der Waals surface area contributed by atoms with E-state index in [2.05, 4.69) is 41.4 Å². The van der Waals surface area contributed by atoms with Gasteiger partial charge in [0, 0.05) is 12.6 Å². The highest BCUT2D eigenvalue weighted by Crippen LogP contribution is 2.10. The van der Waals surface area contributed by atoms with Gasteiger partial charge in [0.25, 0.3) is 5.91 Å². The van der Waals surface area contributed by atoms with Gasteiger partial charge in [-0.15, -0.1) is 0 Å². The molecule has 0 saturated heterocycles. The number of anilines is 1. The number of hydrogen-bond donors (Lipinski definition) is 2. The summed E-state index contributed by atoms with van der Waals surface area (Å²) in [6.07, 6.45) is 6.24. The van der Waals surface area contributed by atoms with Gasteiger partial charge in [0.1, 0.15) is 11.5 Å². The van der Waals surface area contributed by atoms with Gasteiger partial charge in [-0.05, 0) is 25.7 Å². The lowest BCUT2D eigenvalue weighted by Crippen LogP contribution is -2.34. The summed E-state index contributed by atoms with van der Waals surface area (Å²) in [7, 11) is 0. The monoisotopic (exact) mass is 278 g/mol. The SMILES string of the molecule is CCCNc1cncc(C(=O)NC(C)CC(C)CC)n1. The van der Waals surface area contributed by atoms with E-state index in [1.807, 2.05) is 6.92 Å². The molecule has 0 fully saturated rings. The summed E-state index contributed by atoms with van der Waals surface area (Å²) in [5, 5.41) is 6.11. The lowest BCUT2D eigenvalue weighted by atomic mass is 10.0. The summed E-state index contributed by atoms with van der Waals surface area (Å²) in [6, 6.07) is 0.145. The molecule has 0 radical (unpaired) electrons. The van der Waals surface area contributed by atoms with E-state index in [0.29, 0.717) is 17.4 Å². The predicted molar refractivity (Wildman–Crippen MR) is 81.8 cm³/mol. The number of nitrogens with one attached hydrogen (secondary N) is 2.